The summed E-state index contributed by atoms with van der Waals surface area (Å²) in [5.41, 5.74) is 2.17. The fraction of sp³-hybridized carbons (Fsp3) is 0.300. The number of benzene rings is 3. The molecule has 198 valence electrons. The number of rotatable bonds is 7. The maximum absolute atomic E-state index is 13.0. The molecule has 38 heavy (non-hydrogen) atoms. The van der Waals surface area contributed by atoms with Gasteiger partial charge in [0.2, 0.25) is 0 Å². The minimum absolute atomic E-state index is 0.0677. The molecule has 8 heteroatoms. The zero-order valence-electron chi connectivity index (χ0n) is 21.4. The Kier molecular flexibility index (Phi) is 8.43. The maximum atomic E-state index is 13.0. The number of carbonyl (C=O) groups is 3. The van der Waals surface area contributed by atoms with Gasteiger partial charge in [0.05, 0.1) is 17.2 Å². The first-order chi connectivity index (χ1) is 18.2. The molecule has 3 aromatic carbocycles. The van der Waals surface area contributed by atoms with Crippen molar-refractivity contribution >= 4 is 17.7 Å². The second-order valence-corrected chi connectivity index (χ2v) is 9.75. The van der Waals surface area contributed by atoms with Crippen LogP contribution in [0.4, 0.5) is 0 Å². The molecular weight excluding hydrogens is 484 g/mol. The lowest BCUT2D eigenvalue weighted by Gasteiger charge is -2.26. The van der Waals surface area contributed by atoms with Crippen molar-refractivity contribution in [2.45, 2.75) is 44.8 Å². The molecule has 0 aromatic heterocycles. The van der Waals surface area contributed by atoms with Crippen LogP contribution in [0.3, 0.4) is 0 Å². The van der Waals surface area contributed by atoms with Gasteiger partial charge in [-0.05, 0) is 79.4 Å². The van der Waals surface area contributed by atoms with Crippen LogP contribution in [0, 0.1) is 0 Å². The van der Waals surface area contributed by atoms with Gasteiger partial charge in [0.1, 0.15) is 17.6 Å². The van der Waals surface area contributed by atoms with Crippen LogP contribution in [-0.4, -0.2) is 53.1 Å². The molecule has 1 aliphatic heterocycles. The maximum Gasteiger partial charge on any atom is 0.338 e. The highest BCUT2D eigenvalue weighted by molar-refractivity contribution is 6.11. The molecule has 1 saturated heterocycles. The monoisotopic (exact) mass is 516 g/mol. The minimum Gasteiger partial charge on any atom is -0.508 e. The van der Waals surface area contributed by atoms with Crippen molar-refractivity contribution in [1.82, 2.24) is 10.6 Å². The number of hydrogen-bond acceptors (Lipinski definition) is 7. The number of esters is 1. The van der Waals surface area contributed by atoms with Crippen molar-refractivity contribution in [2.75, 3.05) is 13.1 Å². The number of amides is 1. The summed E-state index contributed by atoms with van der Waals surface area (Å²) in [6.07, 6.45) is 0.799. The van der Waals surface area contributed by atoms with E-state index in [1.165, 1.54) is 42.5 Å². The Morgan fingerprint density at radius 3 is 2.26 bits per heavy atom. The van der Waals surface area contributed by atoms with Crippen molar-refractivity contribution in [3.8, 4) is 11.5 Å². The second-order valence-electron chi connectivity index (χ2n) is 9.75. The standard InChI is InChI=1S/C30H32N2O6/c1-18(2)22-11-14-26(34)24(16-22)28(35)19-5-7-21(8-6-19)30(37)38-27-4-3-15-31-17-25(27)32-29(36)20-9-12-23(33)13-10-20/h5-14,16,18,25,27,31,33-34H,3-4,15,17H2,1-2H3,(H,32,36)/t25-,27-/m1/s1. The van der Waals surface area contributed by atoms with Crippen LogP contribution < -0.4 is 10.6 Å². The first-order valence-electron chi connectivity index (χ1n) is 12.7. The van der Waals surface area contributed by atoms with Gasteiger partial charge in [-0.25, -0.2) is 4.79 Å². The Labute approximate surface area is 221 Å². The van der Waals surface area contributed by atoms with E-state index >= 15 is 0 Å². The average molecular weight is 517 g/mol. The Balaban J connectivity index is 1.45. The Hall–Kier alpha value is -4.17. The number of aromatic hydroxyl groups is 2. The number of hydrogen-bond donors (Lipinski definition) is 4. The summed E-state index contributed by atoms with van der Waals surface area (Å²) in [5, 5.41) is 25.9. The molecule has 2 atom stereocenters. The number of ether oxygens (including phenoxy) is 1. The molecular formula is C30H32N2O6. The molecule has 0 bridgehead atoms. The summed E-state index contributed by atoms with van der Waals surface area (Å²) < 4.78 is 5.81. The van der Waals surface area contributed by atoms with Gasteiger partial charge in [0.15, 0.2) is 5.78 Å². The molecule has 3 aromatic rings. The third-order valence-corrected chi connectivity index (χ3v) is 6.67. The van der Waals surface area contributed by atoms with Gasteiger partial charge in [-0.2, -0.15) is 0 Å². The third-order valence-electron chi connectivity index (χ3n) is 6.67. The molecule has 1 heterocycles. The van der Waals surface area contributed by atoms with Gasteiger partial charge in [-0.3, -0.25) is 9.59 Å². The molecule has 0 spiro atoms. The lowest BCUT2D eigenvalue weighted by molar-refractivity contribution is 0.0192. The fourth-order valence-corrected chi connectivity index (χ4v) is 4.38. The van der Waals surface area contributed by atoms with E-state index in [-0.39, 0.29) is 40.2 Å². The largest absolute Gasteiger partial charge is 0.508 e. The van der Waals surface area contributed by atoms with Gasteiger partial charge < -0.3 is 25.6 Å². The number of ketones is 1. The van der Waals surface area contributed by atoms with E-state index in [9.17, 15) is 24.6 Å². The molecule has 4 rings (SSSR count). The van der Waals surface area contributed by atoms with Gasteiger partial charge in [0.25, 0.3) is 5.91 Å². The molecule has 1 amide bonds. The zero-order valence-corrected chi connectivity index (χ0v) is 21.4. The molecule has 0 unspecified atom stereocenters. The normalized spacial score (nSPS) is 17.4. The molecule has 8 nitrogen and oxygen atoms in total. The highest BCUT2D eigenvalue weighted by atomic mass is 16.5. The van der Waals surface area contributed by atoms with E-state index in [4.69, 9.17) is 4.74 Å². The minimum atomic E-state index is -0.551. The number of phenolic OH excluding ortho intramolecular Hbond substituents is 2. The van der Waals surface area contributed by atoms with Gasteiger partial charge in [-0.15, -0.1) is 0 Å². The highest BCUT2D eigenvalue weighted by Crippen LogP contribution is 2.26. The third kappa shape index (κ3) is 6.39. The summed E-state index contributed by atoms with van der Waals surface area (Å²) in [7, 11) is 0. The van der Waals surface area contributed by atoms with Crippen molar-refractivity contribution in [3.63, 3.8) is 0 Å². The van der Waals surface area contributed by atoms with E-state index in [0.717, 1.165) is 18.5 Å². The van der Waals surface area contributed by atoms with Crippen LogP contribution in [0.1, 0.15) is 74.8 Å². The average Bonchev–Trinajstić information content (AvgIpc) is 3.13. The lowest BCUT2D eigenvalue weighted by Crippen LogP contribution is -2.49. The number of carbonyl (C=O) groups excluding carboxylic acids is 3. The smallest absolute Gasteiger partial charge is 0.338 e. The van der Waals surface area contributed by atoms with Gasteiger partial charge >= 0.3 is 5.97 Å². The summed E-state index contributed by atoms with van der Waals surface area (Å²) in [4.78, 5) is 38.7. The van der Waals surface area contributed by atoms with Gasteiger partial charge in [0, 0.05) is 17.7 Å². The lowest BCUT2D eigenvalue weighted by atomic mass is 9.95. The number of nitrogens with one attached hydrogen (secondary N) is 2. The zero-order chi connectivity index (χ0) is 27.2. The van der Waals surface area contributed by atoms with E-state index in [2.05, 4.69) is 10.6 Å². The van der Waals surface area contributed by atoms with Crippen molar-refractivity contribution in [1.29, 1.82) is 0 Å². The Morgan fingerprint density at radius 1 is 0.921 bits per heavy atom. The first-order valence-corrected chi connectivity index (χ1v) is 12.7. The summed E-state index contributed by atoms with van der Waals surface area (Å²) in [6.45, 7) is 5.19. The molecule has 4 N–H and O–H groups in total. The van der Waals surface area contributed by atoms with Crippen molar-refractivity contribution in [3.05, 3.63) is 94.5 Å². The molecule has 1 aliphatic rings. The SMILES string of the molecule is CC(C)c1ccc(O)c(C(=O)c2ccc(C(=O)O[C@@H]3CCCNC[C@H]3NC(=O)c3ccc(O)cc3)cc2)c1. The molecule has 0 saturated carbocycles. The summed E-state index contributed by atoms with van der Waals surface area (Å²) >= 11 is 0. The van der Waals surface area contributed by atoms with Crippen LogP contribution >= 0.6 is 0 Å². The van der Waals surface area contributed by atoms with Crippen LogP contribution in [0.25, 0.3) is 0 Å². The van der Waals surface area contributed by atoms with E-state index in [0.29, 0.717) is 24.1 Å². The second kappa shape index (κ2) is 11.9. The predicted octanol–water partition coefficient (Wildman–Crippen LogP) is 4.16. The quantitative estimate of drug-likeness (QED) is 0.275. The van der Waals surface area contributed by atoms with Crippen LogP contribution in [0.5, 0.6) is 11.5 Å². The fourth-order valence-electron chi connectivity index (χ4n) is 4.38. The van der Waals surface area contributed by atoms with E-state index in [1.54, 1.807) is 24.3 Å². The van der Waals surface area contributed by atoms with Crippen molar-refractivity contribution in [2.24, 2.45) is 0 Å². The summed E-state index contributed by atoms with van der Waals surface area (Å²) in [6, 6.07) is 16.6. The predicted molar refractivity (Wildman–Crippen MR) is 143 cm³/mol. The Bertz CT molecular complexity index is 1300. The molecule has 1 fully saturated rings. The van der Waals surface area contributed by atoms with E-state index in [1.807, 2.05) is 13.8 Å². The van der Waals surface area contributed by atoms with Crippen LogP contribution in [0.2, 0.25) is 0 Å². The van der Waals surface area contributed by atoms with E-state index < -0.39 is 18.1 Å². The van der Waals surface area contributed by atoms with Gasteiger partial charge in [-0.1, -0.05) is 32.0 Å². The first kappa shape index (κ1) is 26.9. The Morgan fingerprint density at radius 2 is 1.58 bits per heavy atom. The highest BCUT2D eigenvalue weighted by Gasteiger charge is 2.29. The molecule has 0 aliphatic carbocycles. The van der Waals surface area contributed by atoms with Crippen LogP contribution in [-0.2, 0) is 4.74 Å². The number of phenols is 2. The molecule has 0 radical (unpaired) electrons. The van der Waals surface area contributed by atoms with Crippen molar-refractivity contribution < 1.29 is 29.3 Å². The summed E-state index contributed by atoms with van der Waals surface area (Å²) in [5.74, 6) is -1.04. The van der Waals surface area contributed by atoms with Crippen LogP contribution in [0.15, 0.2) is 66.7 Å². The topological polar surface area (TPSA) is 125 Å².